The van der Waals surface area contributed by atoms with Crippen LogP contribution in [-0.2, 0) is 0 Å². The van der Waals surface area contributed by atoms with Crippen molar-refractivity contribution in [1.82, 2.24) is 4.98 Å². The SMILES string of the molecule is Cc1ccnc(N2CCC(C(C)O)C2)c1N. The molecule has 4 nitrogen and oxygen atoms in total. The molecule has 2 rings (SSSR count). The van der Waals surface area contributed by atoms with Crippen LogP contribution in [-0.4, -0.2) is 29.3 Å². The number of aryl methyl sites for hydroxylation is 1. The van der Waals surface area contributed by atoms with Crippen LogP contribution < -0.4 is 10.6 Å². The van der Waals surface area contributed by atoms with Gasteiger partial charge in [0.25, 0.3) is 0 Å². The first kappa shape index (κ1) is 11.2. The van der Waals surface area contributed by atoms with Gasteiger partial charge < -0.3 is 15.7 Å². The summed E-state index contributed by atoms with van der Waals surface area (Å²) in [5.41, 5.74) is 7.84. The summed E-state index contributed by atoms with van der Waals surface area (Å²) in [5, 5.41) is 9.56. The van der Waals surface area contributed by atoms with E-state index in [0.29, 0.717) is 5.92 Å². The number of nitrogen functional groups attached to an aromatic ring is 1. The van der Waals surface area contributed by atoms with E-state index < -0.39 is 0 Å². The fourth-order valence-corrected chi connectivity index (χ4v) is 2.18. The Hall–Kier alpha value is -1.29. The summed E-state index contributed by atoms with van der Waals surface area (Å²) in [4.78, 5) is 6.50. The molecule has 16 heavy (non-hydrogen) atoms. The average Bonchev–Trinajstić information content (AvgIpc) is 2.71. The van der Waals surface area contributed by atoms with Gasteiger partial charge in [-0.1, -0.05) is 0 Å². The van der Waals surface area contributed by atoms with Crippen LogP contribution in [0.15, 0.2) is 12.3 Å². The number of anilines is 2. The molecule has 0 aliphatic carbocycles. The summed E-state index contributed by atoms with van der Waals surface area (Å²) in [7, 11) is 0. The molecule has 0 bridgehead atoms. The van der Waals surface area contributed by atoms with Crippen molar-refractivity contribution in [2.45, 2.75) is 26.4 Å². The smallest absolute Gasteiger partial charge is 0.152 e. The summed E-state index contributed by atoms with van der Waals surface area (Å²) in [5.74, 6) is 1.20. The van der Waals surface area contributed by atoms with E-state index in [-0.39, 0.29) is 6.10 Å². The summed E-state index contributed by atoms with van der Waals surface area (Å²) >= 11 is 0. The molecule has 1 aliphatic heterocycles. The van der Waals surface area contributed by atoms with Gasteiger partial charge in [-0.15, -0.1) is 0 Å². The van der Waals surface area contributed by atoms with E-state index >= 15 is 0 Å². The zero-order chi connectivity index (χ0) is 11.7. The van der Waals surface area contributed by atoms with Crippen molar-refractivity contribution in [2.24, 2.45) is 5.92 Å². The minimum atomic E-state index is -0.254. The second-order valence-electron chi connectivity index (χ2n) is 4.60. The number of aromatic nitrogens is 1. The number of hydrogen-bond donors (Lipinski definition) is 2. The van der Waals surface area contributed by atoms with Crippen molar-refractivity contribution in [3.63, 3.8) is 0 Å². The van der Waals surface area contributed by atoms with Crippen LogP contribution in [0.5, 0.6) is 0 Å². The maximum absolute atomic E-state index is 9.56. The Kier molecular flexibility index (Phi) is 3.01. The molecule has 1 aromatic heterocycles. The average molecular weight is 221 g/mol. The fraction of sp³-hybridized carbons (Fsp3) is 0.583. The van der Waals surface area contributed by atoms with Crippen molar-refractivity contribution < 1.29 is 5.11 Å². The van der Waals surface area contributed by atoms with Gasteiger partial charge in [-0.2, -0.15) is 0 Å². The van der Waals surface area contributed by atoms with E-state index in [1.165, 1.54) is 0 Å². The monoisotopic (exact) mass is 221 g/mol. The summed E-state index contributed by atoms with van der Waals surface area (Å²) in [6.45, 7) is 5.61. The van der Waals surface area contributed by atoms with E-state index in [1.54, 1.807) is 6.20 Å². The number of aliphatic hydroxyl groups excluding tert-OH is 1. The molecule has 1 aromatic rings. The molecule has 2 atom stereocenters. The van der Waals surface area contributed by atoms with E-state index in [4.69, 9.17) is 5.73 Å². The second kappa shape index (κ2) is 4.29. The van der Waals surface area contributed by atoms with Crippen LogP contribution in [0.3, 0.4) is 0 Å². The molecule has 0 amide bonds. The number of nitrogens with zero attached hydrogens (tertiary/aromatic N) is 2. The molecular formula is C12H19N3O. The van der Waals surface area contributed by atoms with Crippen molar-refractivity contribution in [3.8, 4) is 0 Å². The molecular weight excluding hydrogens is 202 g/mol. The highest BCUT2D eigenvalue weighted by atomic mass is 16.3. The highest BCUT2D eigenvalue weighted by Gasteiger charge is 2.27. The van der Waals surface area contributed by atoms with Crippen molar-refractivity contribution in [3.05, 3.63) is 17.8 Å². The lowest BCUT2D eigenvalue weighted by atomic mass is 10.0. The topological polar surface area (TPSA) is 62.4 Å². The molecule has 0 aromatic carbocycles. The van der Waals surface area contributed by atoms with Crippen LogP contribution >= 0.6 is 0 Å². The van der Waals surface area contributed by atoms with Crippen LogP contribution in [0.4, 0.5) is 11.5 Å². The van der Waals surface area contributed by atoms with Gasteiger partial charge in [-0.05, 0) is 31.9 Å². The zero-order valence-electron chi connectivity index (χ0n) is 9.85. The molecule has 0 saturated carbocycles. The highest BCUT2D eigenvalue weighted by Crippen LogP contribution is 2.29. The van der Waals surface area contributed by atoms with Gasteiger partial charge in [-0.3, -0.25) is 0 Å². The molecule has 1 saturated heterocycles. The Bertz CT molecular complexity index is 379. The van der Waals surface area contributed by atoms with Gasteiger partial charge in [-0.25, -0.2) is 4.98 Å². The number of nitrogens with two attached hydrogens (primary N) is 1. The lowest BCUT2D eigenvalue weighted by Crippen LogP contribution is -2.25. The van der Waals surface area contributed by atoms with Crippen LogP contribution in [0.1, 0.15) is 18.9 Å². The maximum Gasteiger partial charge on any atom is 0.152 e. The first-order chi connectivity index (χ1) is 7.59. The van der Waals surface area contributed by atoms with Crippen LogP contribution in [0, 0.1) is 12.8 Å². The number of aliphatic hydroxyl groups is 1. The molecule has 4 heteroatoms. The Morgan fingerprint density at radius 3 is 3.00 bits per heavy atom. The Labute approximate surface area is 96.1 Å². The largest absolute Gasteiger partial charge is 0.396 e. The number of pyridine rings is 1. The molecule has 3 N–H and O–H groups in total. The molecule has 0 radical (unpaired) electrons. The van der Waals surface area contributed by atoms with Crippen molar-refractivity contribution >= 4 is 11.5 Å². The van der Waals surface area contributed by atoms with Crippen molar-refractivity contribution in [2.75, 3.05) is 23.7 Å². The van der Waals surface area contributed by atoms with E-state index in [2.05, 4.69) is 9.88 Å². The van der Waals surface area contributed by atoms with Gasteiger partial charge in [0, 0.05) is 25.2 Å². The van der Waals surface area contributed by atoms with Crippen LogP contribution in [0.2, 0.25) is 0 Å². The third kappa shape index (κ3) is 1.97. The Morgan fingerprint density at radius 2 is 2.38 bits per heavy atom. The normalized spacial score (nSPS) is 22.4. The summed E-state index contributed by atoms with van der Waals surface area (Å²) < 4.78 is 0. The summed E-state index contributed by atoms with van der Waals surface area (Å²) in [6.07, 6.45) is 2.54. The molecule has 88 valence electrons. The lowest BCUT2D eigenvalue weighted by Gasteiger charge is -2.20. The Morgan fingerprint density at radius 1 is 1.62 bits per heavy atom. The molecule has 2 heterocycles. The number of rotatable bonds is 2. The first-order valence-corrected chi connectivity index (χ1v) is 5.73. The number of hydrogen-bond acceptors (Lipinski definition) is 4. The quantitative estimate of drug-likeness (QED) is 0.787. The van der Waals surface area contributed by atoms with Gasteiger partial charge in [0.05, 0.1) is 11.8 Å². The maximum atomic E-state index is 9.56. The molecule has 0 spiro atoms. The van der Waals surface area contributed by atoms with E-state index in [0.717, 1.165) is 36.6 Å². The minimum Gasteiger partial charge on any atom is -0.396 e. The third-order valence-electron chi connectivity index (χ3n) is 3.39. The third-order valence-corrected chi connectivity index (χ3v) is 3.39. The molecule has 1 aliphatic rings. The predicted octanol–water partition coefficient (Wildman–Crippen LogP) is 1.18. The fourth-order valence-electron chi connectivity index (χ4n) is 2.18. The van der Waals surface area contributed by atoms with Crippen molar-refractivity contribution in [1.29, 1.82) is 0 Å². The highest BCUT2D eigenvalue weighted by molar-refractivity contribution is 5.66. The van der Waals surface area contributed by atoms with E-state index in [9.17, 15) is 5.11 Å². The lowest BCUT2D eigenvalue weighted by molar-refractivity contribution is 0.136. The van der Waals surface area contributed by atoms with Gasteiger partial charge in [0.15, 0.2) is 5.82 Å². The second-order valence-corrected chi connectivity index (χ2v) is 4.60. The van der Waals surface area contributed by atoms with Gasteiger partial charge >= 0.3 is 0 Å². The zero-order valence-corrected chi connectivity index (χ0v) is 9.85. The molecule has 1 fully saturated rings. The minimum absolute atomic E-state index is 0.254. The van der Waals surface area contributed by atoms with Gasteiger partial charge in [0.2, 0.25) is 0 Å². The molecule has 2 unspecified atom stereocenters. The first-order valence-electron chi connectivity index (χ1n) is 5.73. The predicted molar refractivity (Wildman–Crippen MR) is 65.4 cm³/mol. The Balaban J connectivity index is 2.17. The van der Waals surface area contributed by atoms with E-state index in [1.807, 2.05) is 19.9 Å². The summed E-state index contributed by atoms with van der Waals surface area (Å²) in [6, 6.07) is 1.92. The van der Waals surface area contributed by atoms with Gasteiger partial charge in [0.1, 0.15) is 0 Å². The van der Waals surface area contributed by atoms with Crippen LogP contribution in [0.25, 0.3) is 0 Å². The standard InChI is InChI=1S/C12H19N3O/c1-8-3-5-14-12(11(8)13)15-6-4-10(7-15)9(2)16/h3,5,9-10,16H,4,6-7,13H2,1-2H3.